The molecule has 0 aliphatic heterocycles. The summed E-state index contributed by atoms with van der Waals surface area (Å²) < 4.78 is 6.02. The van der Waals surface area contributed by atoms with E-state index in [9.17, 15) is 4.79 Å². The van der Waals surface area contributed by atoms with Crippen molar-refractivity contribution in [3.05, 3.63) is 29.8 Å². The van der Waals surface area contributed by atoms with Crippen LogP contribution in [0, 0.1) is 5.92 Å². The molecule has 0 bridgehead atoms. The Kier molecular flexibility index (Phi) is 4.40. The summed E-state index contributed by atoms with van der Waals surface area (Å²) in [6.45, 7) is 0. The number of methoxy groups -OCH3 is 1. The Morgan fingerprint density at radius 3 is 3.10 bits per heavy atom. The first-order chi connectivity index (χ1) is 10.2. The molecule has 1 N–H and O–H groups in total. The summed E-state index contributed by atoms with van der Waals surface area (Å²) in [5, 5.41) is 11.4. The van der Waals surface area contributed by atoms with Gasteiger partial charge >= 0.3 is 0 Å². The van der Waals surface area contributed by atoms with Gasteiger partial charge in [-0.2, -0.15) is 0 Å². The molecule has 1 heterocycles. The smallest absolute Gasteiger partial charge is 0.257 e. The molecule has 1 aliphatic rings. The number of carbonyl (C=O) groups is 1. The highest BCUT2D eigenvalue weighted by Crippen LogP contribution is 2.36. The number of anilines is 1. The van der Waals surface area contributed by atoms with Crippen LogP contribution in [0.1, 0.15) is 23.2 Å². The fraction of sp³-hybridized carbons (Fsp3) is 0.357. The third-order valence-corrected chi connectivity index (χ3v) is 5.30. The van der Waals surface area contributed by atoms with E-state index >= 15 is 0 Å². The molecule has 0 unspecified atom stereocenters. The summed E-state index contributed by atoms with van der Waals surface area (Å²) in [4.78, 5) is 12.1. The van der Waals surface area contributed by atoms with Crippen molar-refractivity contribution in [2.45, 2.75) is 17.2 Å². The van der Waals surface area contributed by atoms with Gasteiger partial charge < -0.3 is 4.74 Å². The zero-order chi connectivity index (χ0) is 14.7. The molecular formula is C14H15N3O2S2. The molecule has 110 valence electrons. The SMILES string of the molecule is COc1cccc(C(=O)Nc2nnc(SCC3CC3)s2)c1. The van der Waals surface area contributed by atoms with Crippen LogP contribution in [0.4, 0.5) is 5.13 Å². The number of ether oxygens (including phenoxy) is 1. The first kappa shape index (κ1) is 14.3. The van der Waals surface area contributed by atoms with Gasteiger partial charge in [-0.15, -0.1) is 10.2 Å². The molecule has 2 aromatic rings. The molecule has 3 rings (SSSR count). The topological polar surface area (TPSA) is 64.1 Å². The molecule has 0 atom stereocenters. The maximum absolute atomic E-state index is 12.1. The third kappa shape index (κ3) is 3.95. The summed E-state index contributed by atoms with van der Waals surface area (Å²) in [5.74, 6) is 2.39. The molecule has 7 heteroatoms. The van der Waals surface area contributed by atoms with Crippen LogP contribution in [-0.2, 0) is 0 Å². The highest BCUT2D eigenvalue weighted by molar-refractivity contribution is 8.01. The van der Waals surface area contributed by atoms with Gasteiger partial charge in [-0.05, 0) is 37.0 Å². The first-order valence-electron chi connectivity index (χ1n) is 6.66. The lowest BCUT2D eigenvalue weighted by molar-refractivity contribution is 0.102. The van der Waals surface area contributed by atoms with Crippen molar-refractivity contribution in [3.8, 4) is 5.75 Å². The molecule has 1 amide bonds. The molecule has 21 heavy (non-hydrogen) atoms. The molecule has 0 radical (unpaired) electrons. The molecule has 0 spiro atoms. The molecule has 1 aromatic heterocycles. The van der Waals surface area contributed by atoms with Crippen LogP contribution < -0.4 is 10.1 Å². The number of thioether (sulfide) groups is 1. The number of nitrogens with zero attached hydrogens (tertiary/aromatic N) is 2. The number of hydrogen-bond donors (Lipinski definition) is 1. The Labute approximate surface area is 131 Å². The monoisotopic (exact) mass is 321 g/mol. The zero-order valence-corrected chi connectivity index (χ0v) is 13.2. The van der Waals surface area contributed by atoms with E-state index in [2.05, 4.69) is 15.5 Å². The van der Waals surface area contributed by atoms with Crippen molar-refractivity contribution in [2.75, 3.05) is 18.2 Å². The van der Waals surface area contributed by atoms with E-state index in [1.54, 1.807) is 43.1 Å². The van der Waals surface area contributed by atoms with Crippen LogP contribution >= 0.6 is 23.1 Å². The van der Waals surface area contributed by atoms with Crippen molar-refractivity contribution in [1.82, 2.24) is 10.2 Å². The Morgan fingerprint density at radius 1 is 1.48 bits per heavy atom. The number of rotatable bonds is 6. The Morgan fingerprint density at radius 2 is 2.33 bits per heavy atom. The second-order valence-electron chi connectivity index (χ2n) is 4.81. The standard InChI is InChI=1S/C14H15N3O2S2/c1-19-11-4-2-3-10(7-11)12(18)15-13-16-17-14(21-13)20-8-9-5-6-9/h2-4,7,9H,5-6,8H2,1H3,(H,15,16,18). The number of nitrogens with one attached hydrogen (secondary N) is 1. The second-order valence-corrected chi connectivity index (χ2v) is 7.06. The highest BCUT2D eigenvalue weighted by Gasteiger charge is 2.22. The molecule has 1 saturated carbocycles. The maximum Gasteiger partial charge on any atom is 0.257 e. The predicted octanol–water partition coefficient (Wildman–Crippen LogP) is 3.30. The van der Waals surface area contributed by atoms with Crippen molar-refractivity contribution in [1.29, 1.82) is 0 Å². The van der Waals surface area contributed by atoms with Gasteiger partial charge in [0, 0.05) is 11.3 Å². The van der Waals surface area contributed by atoms with Crippen molar-refractivity contribution in [3.63, 3.8) is 0 Å². The summed E-state index contributed by atoms with van der Waals surface area (Å²) in [7, 11) is 1.57. The van der Waals surface area contributed by atoms with Gasteiger partial charge in [0.25, 0.3) is 5.91 Å². The number of amides is 1. The lowest BCUT2D eigenvalue weighted by Gasteiger charge is -2.03. The summed E-state index contributed by atoms with van der Waals surface area (Å²) >= 11 is 3.13. The number of benzene rings is 1. The van der Waals surface area contributed by atoms with Gasteiger partial charge in [0.05, 0.1) is 7.11 Å². The minimum atomic E-state index is -0.205. The molecular weight excluding hydrogens is 306 g/mol. The van der Waals surface area contributed by atoms with Gasteiger partial charge in [0.15, 0.2) is 4.34 Å². The van der Waals surface area contributed by atoms with Crippen molar-refractivity contribution >= 4 is 34.1 Å². The Balaban J connectivity index is 1.60. The Hall–Kier alpha value is -1.60. The fourth-order valence-electron chi connectivity index (χ4n) is 1.73. The summed E-state index contributed by atoms with van der Waals surface area (Å²) in [6, 6.07) is 7.01. The maximum atomic E-state index is 12.1. The lowest BCUT2D eigenvalue weighted by atomic mass is 10.2. The number of hydrogen-bond acceptors (Lipinski definition) is 6. The zero-order valence-electron chi connectivity index (χ0n) is 11.5. The number of carbonyl (C=O) groups excluding carboxylic acids is 1. The minimum absolute atomic E-state index is 0.205. The van der Waals surface area contributed by atoms with Gasteiger partial charge in [-0.1, -0.05) is 29.2 Å². The minimum Gasteiger partial charge on any atom is -0.497 e. The average Bonchev–Trinajstić information content (AvgIpc) is 3.24. The predicted molar refractivity (Wildman–Crippen MR) is 84.3 cm³/mol. The largest absolute Gasteiger partial charge is 0.497 e. The Bertz CT molecular complexity index is 641. The van der Waals surface area contributed by atoms with Crippen LogP contribution in [0.2, 0.25) is 0 Å². The second kappa shape index (κ2) is 6.44. The van der Waals surface area contributed by atoms with E-state index in [-0.39, 0.29) is 5.91 Å². The van der Waals surface area contributed by atoms with E-state index in [4.69, 9.17) is 4.74 Å². The van der Waals surface area contributed by atoms with Crippen molar-refractivity contribution in [2.24, 2.45) is 5.92 Å². The van der Waals surface area contributed by atoms with Crippen LogP contribution in [0.3, 0.4) is 0 Å². The van der Waals surface area contributed by atoms with Crippen LogP contribution in [0.5, 0.6) is 5.75 Å². The lowest BCUT2D eigenvalue weighted by Crippen LogP contribution is -2.11. The van der Waals surface area contributed by atoms with Gasteiger partial charge in [0.2, 0.25) is 5.13 Å². The van der Waals surface area contributed by atoms with Gasteiger partial charge in [0.1, 0.15) is 5.75 Å². The van der Waals surface area contributed by atoms with Crippen LogP contribution in [0.25, 0.3) is 0 Å². The number of aromatic nitrogens is 2. The van der Waals surface area contributed by atoms with Crippen molar-refractivity contribution < 1.29 is 9.53 Å². The molecule has 1 fully saturated rings. The van der Waals surface area contributed by atoms with E-state index < -0.39 is 0 Å². The van der Waals surface area contributed by atoms with E-state index in [1.165, 1.54) is 24.2 Å². The summed E-state index contributed by atoms with van der Waals surface area (Å²) in [6.07, 6.45) is 2.65. The third-order valence-electron chi connectivity index (χ3n) is 3.10. The molecule has 1 aliphatic carbocycles. The molecule has 5 nitrogen and oxygen atoms in total. The normalized spacial score (nSPS) is 14.0. The van der Waals surface area contributed by atoms with E-state index in [0.717, 1.165) is 16.0 Å². The van der Waals surface area contributed by atoms with Crippen LogP contribution in [-0.4, -0.2) is 29.0 Å². The molecule has 0 saturated heterocycles. The summed E-state index contributed by atoms with van der Waals surface area (Å²) in [5.41, 5.74) is 0.539. The van der Waals surface area contributed by atoms with E-state index in [1.807, 2.05) is 0 Å². The molecule has 1 aromatic carbocycles. The van der Waals surface area contributed by atoms with Gasteiger partial charge in [-0.3, -0.25) is 10.1 Å². The van der Waals surface area contributed by atoms with Crippen LogP contribution in [0.15, 0.2) is 28.6 Å². The fourth-order valence-corrected chi connectivity index (χ4v) is 3.69. The average molecular weight is 321 g/mol. The van der Waals surface area contributed by atoms with E-state index in [0.29, 0.717) is 16.4 Å². The first-order valence-corrected chi connectivity index (χ1v) is 8.46. The highest BCUT2D eigenvalue weighted by atomic mass is 32.2. The van der Waals surface area contributed by atoms with Gasteiger partial charge in [-0.25, -0.2) is 0 Å². The quantitative estimate of drug-likeness (QED) is 0.653.